The van der Waals surface area contributed by atoms with Crippen LogP contribution in [-0.2, 0) is 0 Å². The fourth-order valence-electron chi connectivity index (χ4n) is 2.26. The minimum Gasteiger partial charge on any atom is -0.389 e. The van der Waals surface area contributed by atoms with Crippen molar-refractivity contribution < 1.29 is 0 Å². The van der Waals surface area contributed by atoms with E-state index in [1.54, 1.807) is 6.20 Å². The standard InChI is InChI=1S/C14H24N4S/c1-5-11(6-2)18(9-10(3)4)14-12(13(15)19)7-8-16-17-14/h7-8,10-11H,5-6,9H2,1-4H3,(H2,15,19). The predicted molar refractivity (Wildman–Crippen MR) is 84.5 cm³/mol. The van der Waals surface area contributed by atoms with Crippen LogP contribution in [0, 0.1) is 5.92 Å². The van der Waals surface area contributed by atoms with Crippen molar-refractivity contribution in [1.29, 1.82) is 0 Å². The van der Waals surface area contributed by atoms with E-state index in [9.17, 15) is 0 Å². The molecule has 0 saturated carbocycles. The molecule has 1 rings (SSSR count). The Morgan fingerprint density at radius 1 is 1.37 bits per heavy atom. The molecule has 0 unspecified atom stereocenters. The highest BCUT2D eigenvalue weighted by atomic mass is 32.1. The summed E-state index contributed by atoms with van der Waals surface area (Å²) in [5, 5.41) is 8.28. The zero-order valence-electron chi connectivity index (χ0n) is 12.3. The Morgan fingerprint density at radius 2 is 2.00 bits per heavy atom. The van der Waals surface area contributed by atoms with Crippen molar-refractivity contribution in [2.45, 2.75) is 46.6 Å². The van der Waals surface area contributed by atoms with Crippen LogP contribution in [0.5, 0.6) is 0 Å². The molecule has 2 N–H and O–H groups in total. The number of hydrogen-bond acceptors (Lipinski definition) is 4. The summed E-state index contributed by atoms with van der Waals surface area (Å²) in [5.74, 6) is 1.36. The normalized spacial score (nSPS) is 11.1. The van der Waals surface area contributed by atoms with E-state index in [-0.39, 0.29) is 0 Å². The van der Waals surface area contributed by atoms with Crippen molar-refractivity contribution in [2.75, 3.05) is 11.4 Å². The average Bonchev–Trinajstić information content (AvgIpc) is 2.38. The van der Waals surface area contributed by atoms with Gasteiger partial charge in [0.1, 0.15) is 4.99 Å². The first-order chi connectivity index (χ1) is 9.01. The van der Waals surface area contributed by atoms with Gasteiger partial charge in [0.25, 0.3) is 0 Å². The van der Waals surface area contributed by atoms with Gasteiger partial charge in [-0.25, -0.2) is 0 Å². The SMILES string of the molecule is CCC(CC)N(CC(C)C)c1nnccc1C(N)=S. The van der Waals surface area contributed by atoms with E-state index < -0.39 is 0 Å². The van der Waals surface area contributed by atoms with Gasteiger partial charge in [-0.2, -0.15) is 5.10 Å². The second-order valence-corrected chi connectivity index (χ2v) is 5.59. The van der Waals surface area contributed by atoms with Gasteiger partial charge in [0.05, 0.1) is 11.8 Å². The summed E-state index contributed by atoms with van der Waals surface area (Å²) < 4.78 is 0. The van der Waals surface area contributed by atoms with Crippen molar-refractivity contribution in [1.82, 2.24) is 10.2 Å². The molecule has 0 bridgehead atoms. The van der Waals surface area contributed by atoms with Crippen molar-refractivity contribution in [2.24, 2.45) is 11.7 Å². The van der Waals surface area contributed by atoms with E-state index in [2.05, 4.69) is 42.8 Å². The first kappa shape index (κ1) is 15.8. The summed E-state index contributed by atoms with van der Waals surface area (Å²) in [6.45, 7) is 9.72. The van der Waals surface area contributed by atoms with Crippen molar-refractivity contribution in [3.63, 3.8) is 0 Å². The molecule has 0 spiro atoms. The van der Waals surface area contributed by atoms with E-state index in [4.69, 9.17) is 18.0 Å². The number of hydrogen-bond donors (Lipinski definition) is 1. The molecule has 0 fully saturated rings. The van der Waals surface area contributed by atoms with Crippen LogP contribution in [0.2, 0.25) is 0 Å². The van der Waals surface area contributed by atoms with Crippen LogP contribution in [-0.4, -0.2) is 27.8 Å². The molecule has 0 aromatic carbocycles. The fourth-order valence-corrected chi connectivity index (χ4v) is 2.42. The molecule has 0 aliphatic rings. The van der Waals surface area contributed by atoms with Crippen LogP contribution in [0.1, 0.15) is 46.1 Å². The summed E-state index contributed by atoms with van der Waals surface area (Å²) in [5.41, 5.74) is 6.62. The topological polar surface area (TPSA) is 55.0 Å². The quantitative estimate of drug-likeness (QED) is 0.778. The molecule has 5 heteroatoms. The molecule has 0 atom stereocenters. The van der Waals surface area contributed by atoms with E-state index >= 15 is 0 Å². The second-order valence-electron chi connectivity index (χ2n) is 5.15. The Bertz CT molecular complexity index is 416. The molecular weight excluding hydrogens is 256 g/mol. The Kier molecular flexibility index (Phi) is 6.15. The molecule has 0 amide bonds. The van der Waals surface area contributed by atoms with E-state index in [0.717, 1.165) is 30.8 Å². The highest BCUT2D eigenvalue weighted by molar-refractivity contribution is 7.80. The molecule has 0 radical (unpaired) electrons. The van der Waals surface area contributed by atoms with Crippen LogP contribution in [0.15, 0.2) is 12.3 Å². The second kappa shape index (κ2) is 7.38. The zero-order valence-corrected chi connectivity index (χ0v) is 13.1. The summed E-state index contributed by atoms with van der Waals surface area (Å²) in [7, 11) is 0. The van der Waals surface area contributed by atoms with Gasteiger partial charge in [-0.1, -0.05) is 39.9 Å². The van der Waals surface area contributed by atoms with Crippen molar-refractivity contribution in [3.8, 4) is 0 Å². The summed E-state index contributed by atoms with van der Waals surface area (Å²) in [6.07, 6.45) is 3.77. The lowest BCUT2D eigenvalue weighted by Gasteiger charge is -2.33. The number of nitrogens with zero attached hydrogens (tertiary/aromatic N) is 3. The lowest BCUT2D eigenvalue weighted by Crippen LogP contribution is -2.39. The maximum atomic E-state index is 5.80. The number of thiocarbonyl (C=S) groups is 1. The van der Waals surface area contributed by atoms with Crippen molar-refractivity contribution >= 4 is 23.0 Å². The molecule has 1 aromatic rings. The number of rotatable bonds is 7. The van der Waals surface area contributed by atoms with Gasteiger partial charge in [0, 0.05) is 12.6 Å². The first-order valence-corrected chi connectivity index (χ1v) is 7.30. The first-order valence-electron chi connectivity index (χ1n) is 6.89. The van der Waals surface area contributed by atoms with Gasteiger partial charge in [0.2, 0.25) is 0 Å². The zero-order chi connectivity index (χ0) is 14.4. The van der Waals surface area contributed by atoms with Crippen molar-refractivity contribution in [3.05, 3.63) is 17.8 Å². The van der Waals surface area contributed by atoms with Crippen LogP contribution in [0.3, 0.4) is 0 Å². The molecule has 0 aliphatic heterocycles. The summed E-state index contributed by atoms with van der Waals surface area (Å²) >= 11 is 5.12. The van der Waals surface area contributed by atoms with E-state index in [1.807, 2.05) is 6.07 Å². The maximum Gasteiger partial charge on any atom is 0.161 e. The number of aromatic nitrogens is 2. The average molecular weight is 280 g/mol. The summed E-state index contributed by atoms with van der Waals surface area (Å²) in [6, 6.07) is 2.28. The van der Waals surface area contributed by atoms with Crippen LogP contribution >= 0.6 is 12.2 Å². The smallest absolute Gasteiger partial charge is 0.161 e. The lowest BCUT2D eigenvalue weighted by atomic mass is 10.1. The van der Waals surface area contributed by atoms with Crippen LogP contribution in [0.25, 0.3) is 0 Å². The van der Waals surface area contributed by atoms with E-state index in [1.165, 1.54) is 0 Å². The Hall–Kier alpha value is -1.23. The Balaban J connectivity index is 3.20. The van der Waals surface area contributed by atoms with Gasteiger partial charge >= 0.3 is 0 Å². The monoisotopic (exact) mass is 280 g/mol. The minimum atomic E-state index is 0.379. The molecule has 106 valence electrons. The third-order valence-corrected chi connectivity index (χ3v) is 3.40. The lowest BCUT2D eigenvalue weighted by molar-refractivity contribution is 0.501. The molecule has 0 saturated heterocycles. The number of nitrogens with two attached hydrogens (primary N) is 1. The molecule has 1 aromatic heterocycles. The third-order valence-electron chi connectivity index (χ3n) is 3.18. The molecular formula is C14H24N4S. The minimum absolute atomic E-state index is 0.379. The molecule has 1 heterocycles. The Morgan fingerprint density at radius 3 is 2.47 bits per heavy atom. The predicted octanol–water partition coefficient (Wildman–Crippen LogP) is 2.76. The highest BCUT2D eigenvalue weighted by Crippen LogP contribution is 2.23. The van der Waals surface area contributed by atoms with Gasteiger partial charge in [-0.15, -0.1) is 5.10 Å². The van der Waals surface area contributed by atoms with Gasteiger partial charge in [-0.3, -0.25) is 0 Å². The van der Waals surface area contributed by atoms with Gasteiger partial charge in [0.15, 0.2) is 5.82 Å². The van der Waals surface area contributed by atoms with E-state index in [0.29, 0.717) is 16.9 Å². The molecule has 4 nitrogen and oxygen atoms in total. The molecule has 19 heavy (non-hydrogen) atoms. The molecule has 0 aliphatic carbocycles. The van der Waals surface area contributed by atoms with Gasteiger partial charge < -0.3 is 10.6 Å². The highest BCUT2D eigenvalue weighted by Gasteiger charge is 2.22. The third kappa shape index (κ3) is 4.13. The summed E-state index contributed by atoms with van der Waals surface area (Å²) in [4.78, 5) is 2.68. The largest absolute Gasteiger partial charge is 0.389 e. The maximum absolute atomic E-state index is 5.80. The Labute approximate surface area is 121 Å². The van der Waals surface area contributed by atoms with Gasteiger partial charge in [-0.05, 0) is 24.8 Å². The number of anilines is 1. The van der Waals surface area contributed by atoms with Crippen LogP contribution < -0.4 is 10.6 Å². The fraction of sp³-hybridized carbons (Fsp3) is 0.643. The van der Waals surface area contributed by atoms with Crippen LogP contribution in [0.4, 0.5) is 5.82 Å².